The Kier molecular flexibility index (Phi) is 4.66. The first-order valence-corrected chi connectivity index (χ1v) is 7.56. The molecular formula is C15H17BrFNO3. The zero-order chi connectivity index (χ0) is 15.6. The van der Waals surface area contributed by atoms with Gasteiger partial charge in [0, 0.05) is 24.0 Å². The third-order valence-electron chi connectivity index (χ3n) is 3.97. The number of likely N-dealkylation sites (tertiary alicyclic amines) is 1. The molecule has 6 heteroatoms. The molecule has 2 rings (SSSR count). The SMILES string of the molecule is C[C@]1(C(=O)O)CCN(C(=O)CCc2ccc(Br)cc2F)C1. The number of carbonyl (C=O) groups is 2. The number of benzene rings is 1. The highest BCUT2D eigenvalue weighted by molar-refractivity contribution is 9.10. The Bertz CT molecular complexity index is 578. The number of aryl methyl sites for hydroxylation is 1. The van der Waals surface area contributed by atoms with Crippen LogP contribution in [0.1, 0.15) is 25.3 Å². The largest absolute Gasteiger partial charge is 0.481 e. The van der Waals surface area contributed by atoms with Crippen LogP contribution < -0.4 is 0 Å². The summed E-state index contributed by atoms with van der Waals surface area (Å²) in [6.07, 6.45) is 0.965. The number of amides is 1. The molecule has 0 radical (unpaired) electrons. The van der Waals surface area contributed by atoms with Crippen LogP contribution in [0.15, 0.2) is 22.7 Å². The van der Waals surface area contributed by atoms with Gasteiger partial charge in [0.2, 0.25) is 5.91 Å². The van der Waals surface area contributed by atoms with Gasteiger partial charge in [-0.05, 0) is 37.5 Å². The maximum absolute atomic E-state index is 13.7. The van der Waals surface area contributed by atoms with E-state index in [0.717, 1.165) is 0 Å². The second-order valence-corrected chi connectivity index (χ2v) is 6.58. The number of carboxylic acids is 1. The molecule has 1 N–H and O–H groups in total. The van der Waals surface area contributed by atoms with Crippen LogP contribution in [0, 0.1) is 11.2 Å². The lowest BCUT2D eigenvalue weighted by atomic mass is 9.90. The quantitative estimate of drug-likeness (QED) is 0.901. The maximum Gasteiger partial charge on any atom is 0.311 e. The molecule has 4 nitrogen and oxygen atoms in total. The van der Waals surface area contributed by atoms with Crippen molar-refractivity contribution >= 4 is 27.8 Å². The number of nitrogens with zero attached hydrogens (tertiary/aromatic N) is 1. The van der Waals surface area contributed by atoms with Crippen LogP contribution >= 0.6 is 15.9 Å². The van der Waals surface area contributed by atoms with Gasteiger partial charge < -0.3 is 10.0 Å². The molecule has 0 spiro atoms. The van der Waals surface area contributed by atoms with Crippen LogP contribution in [0.4, 0.5) is 4.39 Å². The van der Waals surface area contributed by atoms with Crippen LogP contribution in [0.5, 0.6) is 0 Å². The number of aliphatic carboxylic acids is 1. The Morgan fingerprint density at radius 3 is 2.76 bits per heavy atom. The highest BCUT2D eigenvalue weighted by Gasteiger charge is 2.41. The Morgan fingerprint density at radius 1 is 1.48 bits per heavy atom. The fraction of sp³-hybridized carbons (Fsp3) is 0.467. The first-order chi connectivity index (χ1) is 9.82. The van der Waals surface area contributed by atoms with E-state index in [4.69, 9.17) is 5.11 Å². The molecule has 1 saturated heterocycles. The van der Waals surface area contributed by atoms with Gasteiger partial charge in [-0.15, -0.1) is 0 Å². The van der Waals surface area contributed by atoms with Crippen LogP contribution in [-0.4, -0.2) is 35.0 Å². The third-order valence-corrected chi connectivity index (χ3v) is 4.46. The van der Waals surface area contributed by atoms with Crippen molar-refractivity contribution in [1.29, 1.82) is 0 Å². The molecule has 1 aromatic rings. The van der Waals surface area contributed by atoms with Crippen molar-refractivity contribution in [3.8, 4) is 0 Å². The molecule has 1 aliphatic heterocycles. The number of rotatable bonds is 4. The van der Waals surface area contributed by atoms with E-state index in [-0.39, 0.29) is 24.7 Å². The molecule has 1 aliphatic rings. The lowest BCUT2D eigenvalue weighted by Crippen LogP contribution is -2.35. The molecule has 1 aromatic carbocycles. The van der Waals surface area contributed by atoms with Crippen LogP contribution in [0.25, 0.3) is 0 Å². The summed E-state index contributed by atoms with van der Waals surface area (Å²) in [6.45, 7) is 2.32. The Hall–Kier alpha value is -1.43. The number of halogens is 2. The van der Waals surface area contributed by atoms with Crippen molar-refractivity contribution in [2.45, 2.75) is 26.2 Å². The molecule has 114 valence electrons. The molecule has 0 unspecified atom stereocenters. The lowest BCUT2D eigenvalue weighted by molar-refractivity contribution is -0.147. The molecule has 1 heterocycles. The zero-order valence-corrected chi connectivity index (χ0v) is 13.3. The van der Waals surface area contributed by atoms with Crippen LogP contribution in [-0.2, 0) is 16.0 Å². The Balaban J connectivity index is 1.93. The molecule has 1 fully saturated rings. The van der Waals surface area contributed by atoms with Gasteiger partial charge in [-0.2, -0.15) is 0 Å². The minimum atomic E-state index is -0.878. The number of hydrogen-bond donors (Lipinski definition) is 1. The van der Waals surface area contributed by atoms with E-state index in [1.54, 1.807) is 24.0 Å². The van der Waals surface area contributed by atoms with Crippen molar-refractivity contribution in [3.05, 3.63) is 34.1 Å². The molecule has 0 bridgehead atoms. The lowest BCUT2D eigenvalue weighted by Gasteiger charge is -2.20. The van der Waals surface area contributed by atoms with E-state index in [1.165, 1.54) is 6.07 Å². The van der Waals surface area contributed by atoms with Gasteiger partial charge in [-0.1, -0.05) is 22.0 Å². The van der Waals surface area contributed by atoms with Gasteiger partial charge in [0.1, 0.15) is 5.82 Å². The number of carboxylic acid groups (broad SMARTS) is 1. The molecule has 0 saturated carbocycles. The molecule has 0 aliphatic carbocycles. The predicted molar refractivity (Wildman–Crippen MR) is 79.4 cm³/mol. The normalized spacial score (nSPS) is 21.6. The van der Waals surface area contributed by atoms with Gasteiger partial charge in [-0.3, -0.25) is 9.59 Å². The van der Waals surface area contributed by atoms with Crippen molar-refractivity contribution in [2.75, 3.05) is 13.1 Å². The second-order valence-electron chi connectivity index (χ2n) is 5.67. The van der Waals surface area contributed by atoms with Crippen molar-refractivity contribution in [1.82, 2.24) is 4.90 Å². The summed E-state index contributed by atoms with van der Waals surface area (Å²) in [5.74, 6) is -1.34. The van der Waals surface area contributed by atoms with Gasteiger partial charge >= 0.3 is 5.97 Å². The Labute approximate surface area is 131 Å². The number of hydrogen-bond acceptors (Lipinski definition) is 2. The third kappa shape index (κ3) is 3.61. The van der Waals surface area contributed by atoms with E-state index in [2.05, 4.69) is 15.9 Å². The van der Waals surface area contributed by atoms with E-state index in [1.807, 2.05) is 0 Å². The summed E-state index contributed by atoms with van der Waals surface area (Å²) < 4.78 is 14.3. The van der Waals surface area contributed by atoms with Crippen molar-refractivity contribution in [2.24, 2.45) is 5.41 Å². The first kappa shape index (κ1) is 15.9. The molecule has 21 heavy (non-hydrogen) atoms. The topological polar surface area (TPSA) is 57.6 Å². The fourth-order valence-corrected chi connectivity index (χ4v) is 2.81. The highest BCUT2D eigenvalue weighted by atomic mass is 79.9. The van der Waals surface area contributed by atoms with Crippen LogP contribution in [0.3, 0.4) is 0 Å². The summed E-state index contributed by atoms with van der Waals surface area (Å²) in [4.78, 5) is 24.8. The van der Waals surface area contributed by atoms with Crippen LogP contribution in [0.2, 0.25) is 0 Å². The summed E-state index contributed by atoms with van der Waals surface area (Å²) >= 11 is 3.19. The molecular weight excluding hydrogens is 341 g/mol. The van der Waals surface area contributed by atoms with Crippen molar-refractivity contribution in [3.63, 3.8) is 0 Å². The number of carbonyl (C=O) groups excluding carboxylic acids is 1. The predicted octanol–water partition coefficient (Wildman–Crippen LogP) is 2.84. The van der Waals surface area contributed by atoms with E-state index < -0.39 is 11.4 Å². The van der Waals surface area contributed by atoms with Gasteiger partial charge in [-0.25, -0.2) is 4.39 Å². The van der Waals surface area contributed by atoms with E-state index in [9.17, 15) is 14.0 Å². The summed E-state index contributed by atoms with van der Waals surface area (Å²) in [5, 5.41) is 9.15. The van der Waals surface area contributed by atoms with Gasteiger partial charge in [0.15, 0.2) is 0 Å². The monoisotopic (exact) mass is 357 g/mol. The average Bonchev–Trinajstić information content (AvgIpc) is 2.82. The van der Waals surface area contributed by atoms with Gasteiger partial charge in [0.25, 0.3) is 0 Å². The van der Waals surface area contributed by atoms with Crippen molar-refractivity contribution < 1.29 is 19.1 Å². The molecule has 1 amide bonds. The minimum absolute atomic E-state index is 0.123. The average molecular weight is 358 g/mol. The zero-order valence-electron chi connectivity index (χ0n) is 11.7. The first-order valence-electron chi connectivity index (χ1n) is 6.77. The minimum Gasteiger partial charge on any atom is -0.481 e. The summed E-state index contributed by atoms with van der Waals surface area (Å²) in [5.41, 5.74) is -0.370. The van der Waals surface area contributed by atoms with E-state index >= 15 is 0 Å². The fourth-order valence-electron chi connectivity index (χ4n) is 2.47. The molecule has 1 atom stereocenters. The second kappa shape index (κ2) is 6.13. The highest BCUT2D eigenvalue weighted by Crippen LogP contribution is 2.30. The molecule has 0 aromatic heterocycles. The van der Waals surface area contributed by atoms with Gasteiger partial charge in [0.05, 0.1) is 5.41 Å². The summed E-state index contributed by atoms with van der Waals surface area (Å²) in [7, 11) is 0. The standard InChI is InChI=1S/C15H17BrFNO3/c1-15(14(20)21)6-7-18(9-15)13(19)5-3-10-2-4-11(16)8-12(10)17/h2,4,8H,3,5-7,9H2,1H3,(H,20,21)/t15-/m0/s1. The van der Waals surface area contributed by atoms with E-state index in [0.29, 0.717) is 29.4 Å². The Morgan fingerprint density at radius 2 is 2.19 bits per heavy atom. The maximum atomic E-state index is 13.7. The smallest absolute Gasteiger partial charge is 0.311 e. The summed E-state index contributed by atoms with van der Waals surface area (Å²) in [6, 6.07) is 4.76.